The zero-order valence-electron chi connectivity index (χ0n) is 18.5. The monoisotopic (exact) mass is 427 g/mol. The van der Waals surface area contributed by atoms with Crippen LogP contribution in [0, 0.1) is 12.7 Å². The van der Waals surface area contributed by atoms with Crippen LogP contribution in [0.25, 0.3) is 0 Å². The molecular formula is C24H30FN3O3. The van der Waals surface area contributed by atoms with Gasteiger partial charge in [-0.1, -0.05) is 42.0 Å². The second-order valence-electron chi connectivity index (χ2n) is 8.30. The number of aryl methyl sites for hydroxylation is 1. The van der Waals surface area contributed by atoms with E-state index in [1.54, 1.807) is 24.1 Å². The maximum atomic E-state index is 13.4. The largest absolute Gasteiger partial charge is 0.356 e. The zero-order chi connectivity index (χ0) is 22.5. The molecule has 1 aliphatic heterocycles. The summed E-state index contributed by atoms with van der Waals surface area (Å²) >= 11 is 0. The van der Waals surface area contributed by atoms with E-state index in [9.17, 15) is 14.0 Å². The lowest BCUT2D eigenvalue weighted by molar-refractivity contribution is -0.162. The van der Waals surface area contributed by atoms with Crippen LogP contribution < -0.4 is 5.32 Å². The molecule has 0 bridgehead atoms. The minimum absolute atomic E-state index is 0.143. The minimum Gasteiger partial charge on any atom is -0.356 e. The number of amides is 2. The van der Waals surface area contributed by atoms with Crippen LogP contribution in [0.3, 0.4) is 0 Å². The standard InChI is InChI=1S/C24H30FN3O3/c1-16-5-7-18(8-6-16)22-23(31-15-21(29)28(22)4)24(30)26-20(13-14-27(2)3)17-9-11-19(25)12-10-17/h5-12,20,22-23H,13-15H2,1-4H3,(H,26,30). The summed E-state index contributed by atoms with van der Waals surface area (Å²) < 4.78 is 19.1. The van der Waals surface area contributed by atoms with Gasteiger partial charge in [0.25, 0.3) is 5.91 Å². The molecule has 1 heterocycles. The number of halogens is 1. The Balaban J connectivity index is 1.84. The average molecular weight is 428 g/mol. The number of likely N-dealkylation sites (N-methyl/N-ethyl adjacent to an activating group) is 1. The summed E-state index contributed by atoms with van der Waals surface area (Å²) in [6.07, 6.45) is -0.186. The highest BCUT2D eigenvalue weighted by Gasteiger charge is 2.40. The molecule has 1 aliphatic rings. The Kier molecular flexibility index (Phi) is 7.41. The summed E-state index contributed by atoms with van der Waals surface area (Å²) in [6.45, 7) is 2.59. The summed E-state index contributed by atoms with van der Waals surface area (Å²) in [5, 5.41) is 3.07. The molecule has 2 amide bonds. The van der Waals surface area contributed by atoms with Crippen molar-refractivity contribution in [3.8, 4) is 0 Å². The number of rotatable bonds is 7. The van der Waals surface area contributed by atoms with Gasteiger partial charge in [-0.2, -0.15) is 0 Å². The number of hydrogen-bond donors (Lipinski definition) is 1. The molecule has 2 aromatic carbocycles. The summed E-state index contributed by atoms with van der Waals surface area (Å²) in [4.78, 5) is 29.2. The predicted octanol–water partition coefficient (Wildman–Crippen LogP) is 2.84. The number of nitrogens with one attached hydrogen (secondary N) is 1. The number of carbonyl (C=O) groups excluding carboxylic acids is 2. The molecule has 1 saturated heterocycles. The van der Waals surface area contributed by atoms with Crippen molar-refractivity contribution < 1.29 is 18.7 Å². The predicted molar refractivity (Wildman–Crippen MR) is 117 cm³/mol. The molecule has 3 rings (SSSR count). The Morgan fingerprint density at radius 2 is 1.84 bits per heavy atom. The molecular weight excluding hydrogens is 397 g/mol. The first-order valence-corrected chi connectivity index (χ1v) is 10.4. The van der Waals surface area contributed by atoms with Crippen LogP contribution >= 0.6 is 0 Å². The van der Waals surface area contributed by atoms with Crippen LogP contribution in [0.4, 0.5) is 4.39 Å². The van der Waals surface area contributed by atoms with Crippen LogP contribution in [0.15, 0.2) is 48.5 Å². The van der Waals surface area contributed by atoms with E-state index in [0.29, 0.717) is 6.42 Å². The Morgan fingerprint density at radius 1 is 1.19 bits per heavy atom. The van der Waals surface area contributed by atoms with Crippen molar-refractivity contribution in [2.24, 2.45) is 0 Å². The first-order valence-electron chi connectivity index (χ1n) is 10.4. The summed E-state index contributed by atoms with van der Waals surface area (Å²) in [6, 6.07) is 13.1. The Morgan fingerprint density at radius 3 is 2.45 bits per heavy atom. The van der Waals surface area contributed by atoms with Crippen LogP contribution in [0.1, 0.15) is 35.2 Å². The lowest BCUT2D eigenvalue weighted by Crippen LogP contribution is -2.53. The molecule has 6 nitrogen and oxygen atoms in total. The molecule has 166 valence electrons. The van der Waals surface area contributed by atoms with Gasteiger partial charge >= 0.3 is 0 Å². The van der Waals surface area contributed by atoms with Crippen molar-refractivity contribution in [3.63, 3.8) is 0 Å². The van der Waals surface area contributed by atoms with Crippen LogP contribution in [-0.4, -0.2) is 62.0 Å². The van der Waals surface area contributed by atoms with Crippen LogP contribution in [-0.2, 0) is 14.3 Å². The highest BCUT2D eigenvalue weighted by Crippen LogP contribution is 2.30. The van der Waals surface area contributed by atoms with E-state index in [-0.39, 0.29) is 30.3 Å². The fourth-order valence-electron chi connectivity index (χ4n) is 3.75. The lowest BCUT2D eigenvalue weighted by Gasteiger charge is -2.39. The number of hydrogen-bond acceptors (Lipinski definition) is 4. The van der Waals surface area contributed by atoms with Gasteiger partial charge < -0.3 is 19.9 Å². The smallest absolute Gasteiger partial charge is 0.252 e. The number of nitrogens with zero attached hydrogens (tertiary/aromatic N) is 2. The second-order valence-corrected chi connectivity index (χ2v) is 8.30. The van der Waals surface area contributed by atoms with Gasteiger partial charge in [-0.05, 0) is 57.2 Å². The number of ether oxygens (including phenoxy) is 1. The van der Waals surface area contributed by atoms with E-state index in [2.05, 4.69) is 5.32 Å². The number of benzene rings is 2. The van der Waals surface area contributed by atoms with Crippen molar-refractivity contribution in [1.82, 2.24) is 15.1 Å². The van der Waals surface area contributed by atoms with Crippen molar-refractivity contribution in [1.29, 1.82) is 0 Å². The Hall–Kier alpha value is -2.77. The molecule has 0 radical (unpaired) electrons. The average Bonchev–Trinajstić information content (AvgIpc) is 2.74. The first-order chi connectivity index (χ1) is 14.8. The molecule has 2 aromatic rings. The highest BCUT2D eigenvalue weighted by atomic mass is 19.1. The quantitative estimate of drug-likeness (QED) is 0.738. The van der Waals surface area contributed by atoms with E-state index in [1.165, 1.54) is 12.1 Å². The molecule has 1 N–H and O–H groups in total. The molecule has 3 unspecified atom stereocenters. The van der Waals surface area contributed by atoms with E-state index >= 15 is 0 Å². The van der Waals surface area contributed by atoms with Gasteiger partial charge in [-0.15, -0.1) is 0 Å². The third-order valence-electron chi connectivity index (χ3n) is 5.61. The maximum Gasteiger partial charge on any atom is 0.252 e. The van der Waals surface area contributed by atoms with Gasteiger partial charge in [0.1, 0.15) is 12.4 Å². The van der Waals surface area contributed by atoms with Gasteiger partial charge in [0, 0.05) is 7.05 Å². The van der Waals surface area contributed by atoms with E-state index in [0.717, 1.165) is 23.2 Å². The molecule has 3 atom stereocenters. The fraction of sp³-hybridized carbons (Fsp3) is 0.417. The number of morpholine rings is 1. The molecule has 1 fully saturated rings. The van der Waals surface area contributed by atoms with Gasteiger partial charge in [-0.25, -0.2) is 4.39 Å². The Labute approximate surface area is 183 Å². The van der Waals surface area contributed by atoms with Gasteiger partial charge in [0.05, 0.1) is 12.1 Å². The molecule has 0 aromatic heterocycles. The molecule has 0 saturated carbocycles. The summed E-state index contributed by atoms with van der Waals surface area (Å²) in [7, 11) is 5.61. The van der Waals surface area contributed by atoms with Crippen molar-refractivity contribution in [2.45, 2.75) is 31.5 Å². The Bertz CT molecular complexity index is 899. The number of carbonyl (C=O) groups is 2. The highest BCUT2D eigenvalue weighted by molar-refractivity contribution is 5.86. The summed E-state index contributed by atoms with van der Waals surface area (Å²) in [5.74, 6) is -0.785. The van der Waals surface area contributed by atoms with Gasteiger partial charge in [0.15, 0.2) is 6.10 Å². The van der Waals surface area contributed by atoms with E-state index in [1.807, 2.05) is 50.2 Å². The lowest BCUT2D eigenvalue weighted by atomic mass is 9.95. The van der Waals surface area contributed by atoms with E-state index < -0.39 is 12.1 Å². The minimum atomic E-state index is -0.840. The SMILES string of the molecule is Cc1ccc(C2C(C(=O)NC(CCN(C)C)c3ccc(F)cc3)OCC(=O)N2C)cc1. The van der Waals surface area contributed by atoms with Crippen molar-refractivity contribution in [3.05, 3.63) is 71.0 Å². The zero-order valence-corrected chi connectivity index (χ0v) is 18.5. The van der Waals surface area contributed by atoms with Crippen LogP contribution in [0.2, 0.25) is 0 Å². The fourth-order valence-corrected chi connectivity index (χ4v) is 3.75. The van der Waals surface area contributed by atoms with Crippen LogP contribution in [0.5, 0.6) is 0 Å². The van der Waals surface area contributed by atoms with Crippen molar-refractivity contribution >= 4 is 11.8 Å². The van der Waals surface area contributed by atoms with Crippen molar-refractivity contribution in [2.75, 3.05) is 34.3 Å². The topological polar surface area (TPSA) is 61.9 Å². The first kappa shape index (κ1) is 22.9. The summed E-state index contributed by atoms with van der Waals surface area (Å²) in [5.41, 5.74) is 2.76. The maximum absolute atomic E-state index is 13.4. The van der Waals surface area contributed by atoms with Gasteiger partial charge in [-0.3, -0.25) is 9.59 Å². The molecule has 7 heteroatoms. The van der Waals surface area contributed by atoms with Gasteiger partial charge in [0.2, 0.25) is 5.91 Å². The second kappa shape index (κ2) is 10.0. The molecule has 0 spiro atoms. The molecule has 0 aliphatic carbocycles. The third kappa shape index (κ3) is 5.68. The third-order valence-corrected chi connectivity index (χ3v) is 5.61. The normalized spacial score (nSPS) is 20.1. The molecule has 31 heavy (non-hydrogen) atoms. The van der Waals surface area contributed by atoms with E-state index in [4.69, 9.17) is 4.74 Å².